The fraction of sp³-hybridized carbons (Fsp3) is 0.667. The standard InChI is InChI=1S/C12H19N3O2/c1-17-11-6-10(14-9-15-11)13-7-12(8-16)4-2-3-5-12/h6,9,16H,2-5,7-8H2,1H3,(H,13,14,15). The third-order valence-electron chi connectivity index (χ3n) is 3.50. The Kier molecular flexibility index (Phi) is 3.78. The number of nitrogens with one attached hydrogen (secondary N) is 1. The minimum atomic E-state index is 0.0260. The molecule has 0 aromatic carbocycles. The zero-order valence-electron chi connectivity index (χ0n) is 10.1. The largest absolute Gasteiger partial charge is 0.481 e. The number of methoxy groups -OCH3 is 1. The Labute approximate surface area is 101 Å². The van der Waals surface area contributed by atoms with Gasteiger partial charge in [-0.2, -0.15) is 0 Å². The van der Waals surface area contributed by atoms with Gasteiger partial charge < -0.3 is 15.2 Å². The molecule has 1 aromatic heterocycles. The molecule has 0 unspecified atom stereocenters. The summed E-state index contributed by atoms with van der Waals surface area (Å²) in [7, 11) is 1.58. The lowest BCUT2D eigenvalue weighted by atomic mass is 9.87. The van der Waals surface area contributed by atoms with Gasteiger partial charge in [0.25, 0.3) is 0 Å². The molecule has 0 amide bonds. The van der Waals surface area contributed by atoms with E-state index < -0.39 is 0 Å². The van der Waals surface area contributed by atoms with Crippen molar-refractivity contribution in [2.24, 2.45) is 5.41 Å². The lowest BCUT2D eigenvalue weighted by Crippen LogP contribution is -2.30. The Bertz CT molecular complexity index is 365. The Morgan fingerprint density at radius 2 is 2.18 bits per heavy atom. The summed E-state index contributed by atoms with van der Waals surface area (Å²) in [5.74, 6) is 1.29. The summed E-state index contributed by atoms with van der Waals surface area (Å²) < 4.78 is 5.04. The second kappa shape index (κ2) is 5.31. The normalized spacial score (nSPS) is 18.0. The summed E-state index contributed by atoms with van der Waals surface area (Å²) >= 11 is 0. The zero-order chi connectivity index (χ0) is 12.1. The minimum absolute atomic E-state index is 0.0260. The maximum Gasteiger partial charge on any atom is 0.218 e. The van der Waals surface area contributed by atoms with E-state index in [0.29, 0.717) is 5.88 Å². The molecule has 5 nitrogen and oxygen atoms in total. The number of ether oxygens (including phenoxy) is 1. The SMILES string of the molecule is COc1cc(NCC2(CO)CCCC2)ncn1. The summed E-state index contributed by atoms with van der Waals surface area (Å²) in [4.78, 5) is 8.08. The molecule has 94 valence electrons. The lowest BCUT2D eigenvalue weighted by molar-refractivity contribution is 0.142. The molecular weight excluding hydrogens is 218 g/mol. The van der Waals surface area contributed by atoms with Gasteiger partial charge in [-0.1, -0.05) is 12.8 Å². The smallest absolute Gasteiger partial charge is 0.218 e. The van der Waals surface area contributed by atoms with E-state index >= 15 is 0 Å². The van der Waals surface area contributed by atoms with Gasteiger partial charge in [-0.05, 0) is 12.8 Å². The van der Waals surface area contributed by atoms with Crippen LogP contribution in [0.1, 0.15) is 25.7 Å². The first-order chi connectivity index (χ1) is 8.28. The Hall–Kier alpha value is -1.36. The lowest BCUT2D eigenvalue weighted by Gasteiger charge is -2.26. The molecular formula is C12H19N3O2. The number of hydrogen-bond acceptors (Lipinski definition) is 5. The predicted molar refractivity (Wildman–Crippen MR) is 65.1 cm³/mol. The van der Waals surface area contributed by atoms with Gasteiger partial charge >= 0.3 is 0 Å². The molecule has 0 spiro atoms. The third kappa shape index (κ3) is 2.85. The van der Waals surface area contributed by atoms with E-state index in [2.05, 4.69) is 15.3 Å². The monoisotopic (exact) mass is 237 g/mol. The van der Waals surface area contributed by atoms with E-state index in [9.17, 15) is 5.11 Å². The van der Waals surface area contributed by atoms with Crippen molar-refractivity contribution in [2.45, 2.75) is 25.7 Å². The second-order valence-electron chi connectivity index (χ2n) is 4.66. The summed E-state index contributed by atoms with van der Waals surface area (Å²) in [6, 6.07) is 1.76. The van der Waals surface area contributed by atoms with Crippen LogP contribution in [0, 0.1) is 5.41 Å². The van der Waals surface area contributed by atoms with Crippen LogP contribution in [0.25, 0.3) is 0 Å². The van der Waals surface area contributed by atoms with Gasteiger partial charge in [-0.3, -0.25) is 0 Å². The summed E-state index contributed by atoms with van der Waals surface area (Å²) in [5.41, 5.74) is 0.0260. The van der Waals surface area contributed by atoms with Gasteiger partial charge in [0.2, 0.25) is 5.88 Å². The molecule has 1 heterocycles. The Morgan fingerprint density at radius 3 is 2.82 bits per heavy atom. The van der Waals surface area contributed by atoms with Gasteiger partial charge in [-0.15, -0.1) is 0 Å². The molecule has 17 heavy (non-hydrogen) atoms. The van der Waals surface area contributed by atoms with Gasteiger partial charge in [0, 0.05) is 18.0 Å². The van der Waals surface area contributed by atoms with Crippen molar-refractivity contribution in [1.29, 1.82) is 0 Å². The number of aliphatic hydroxyl groups is 1. The molecule has 1 aromatic rings. The fourth-order valence-corrected chi connectivity index (χ4v) is 2.34. The first-order valence-electron chi connectivity index (χ1n) is 5.99. The topological polar surface area (TPSA) is 67.3 Å². The van der Waals surface area contributed by atoms with Crippen LogP contribution in [0.4, 0.5) is 5.82 Å². The van der Waals surface area contributed by atoms with Crippen molar-refractivity contribution in [2.75, 3.05) is 25.6 Å². The van der Waals surface area contributed by atoms with Gasteiger partial charge in [0.1, 0.15) is 12.1 Å². The van der Waals surface area contributed by atoms with Crippen molar-refractivity contribution in [3.63, 3.8) is 0 Å². The number of rotatable bonds is 5. The highest BCUT2D eigenvalue weighted by atomic mass is 16.5. The maximum atomic E-state index is 9.50. The van der Waals surface area contributed by atoms with E-state index in [-0.39, 0.29) is 12.0 Å². The molecule has 2 rings (SSSR count). The predicted octanol–water partition coefficient (Wildman–Crippen LogP) is 1.45. The van der Waals surface area contributed by atoms with Crippen molar-refractivity contribution in [3.05, 3.63) is 12.4 Å². The van der Waals surface area contributed by atoms with Crippen molar-refractivity contribution >= 4 is 5.82 Å². The maximum absolute atomic E-state index is 9.50. The molecule has 5 heteroatoms. The van der Waals surface area contributed by atoms with E-state index in [0.717, 1.165) is 25.2 Å². The molecule has 0 radical (unpaired) electrons. The van der Waals surface area contributed by atoms with Gasteiger partial charge in [-0.25, -0.2) is 9.97 Å². The summed E-state index contributed by atoms with van der Waals surface area (Å²) in [6.45, 7) is 0.992. The van der Waals surface area contributed by atoms with Crippen LogP contribution in [0.3, 0.4) is 0 Å². The van der Waals surface area contributed by atoms with Crippen LogP contribution in [-0.2, 0) is 0 Å². The van der Waals surface area contributed by atoms with Crippen molar-refractivity contribution in [1.82, 2.24) is 9.97 Å². The van der Waals surface area contributed by atoms with Crippen LogP contribution in [0.2, 0.25) is 0 Å². The van der Waals surface area contributed by atoms with Crippen molar-refractivity contribution < 1.29 is 9.84 Å². The summed E-state index contributed by atoms with van der Waals surface area (Å²) in [5, 5.41) is 12.8. The molecule has 0 aliphatic heterocycles. The van der Waals surface area contributed by atoms with E-state index in [1.165, 1.54) is 19.2 Å². The molecule has 0 saturated heterocycles. The van der Waals surface area contributed by atoms with E-state index in [4.69, 9.17) is 4.74 Å². The molecule has 0 atom stereocenters. The molecule has 0 bridgehead atoms. The average Bonchev–Trinajstić information content (AvgIpc) is 2.86. The number of anilines is 1. The number of nitrogens with zero attached hydrogens (tertiary/aromatic N) is 2. The van der Waals surface area contributed by atoms with Crippen LogP contribution in [-0.4, -0.2) is 35.3 Å². The van der Waals surface area contributed by atoms with E-state index in [1.54, 1.807) is 13.2 Å². The molecule has 2 N–H and O–H groups in total. The van der Waals surface area contributed by atoms with Crippen LogP contribution in [0.5, 0.6) is 5.88 Å². The van der Waals surface area contributed by atoms with Crippen molar-refractivity contribution in [3.8, 4) is 5.88 Å². The first-order valence-corrected chi connectivity index (χ1v) is 5.99. The average molecular weight is 237 g/mol. The van der Waals surface area contributed by atoms with Gasteiger partial charge in [0.15, 0.2) is 0 Å². The quantitative estimate of drug-likeness (QED) is 0.811. The Morgan fingerprint density at radius 1 is 1.41 bits per heavy atom. The highest BCUT2D eigenvalue weighted by Gasteiger charge is 2.32. The fourth-order valence-electron chi connectivity index (χ4n) is 2.34. The molecule has 1 fully saturated rings. The van der Waals surface area contributed by atoms with Gasteiger partial charge in [0.05, 0.1) is 13.7 Å². The number of aliphatic hydroxyl groups excluding tert-OH is 1. The number of aromatic nitrogens is 2. The molecule has 1 aliphatic carbocycles. The first kappa shape index (κ1) is 12.1. The highest BCUT2D eigenvalue weighted by molar-refractivity contribution is 5.37. The number of hydrogen-bond donors (Lipinski definition) is 2. The second-order valence-corrected chi connectivity index (χ2v) is 4.66. The highest BCUT2D eigenvalue weighted by Crippen LogP contribution is 2.37. The van der Waals surface area contributed by atoms with Crippen LogP contribution in [0.15, 0.2) is 12.4 Å². The third-order valence-corrected chi connectivity index (χ3v) is 3.50. The molecule has 1 saturated carbocycles. The zero-order valence-corrected chi connectivity index (χ0v) is 10.1. The minimum Gasteiger partial charge on any atom is -0.481 e. The summed E-state index contributed by atoms with van der Waals surface area (Å²) in [6.07, 6.45) is 6.05. The van der Waals surface area contributed by atoms with E-state index in [1.807, 2.05) is 0 Å². The van der Waals surface area contributed by atoms with Crippen LogP contribution < -0.4 is 10.1 Å². The van der Waals surface area contributed by atoms with Crippen LogP contribution >= 0.6 is 0 Å². The molecule has 1 aliphatic rings. The Balaban J connectivity index is 1.96.